The Balaban J connectivity index is 0.00000280. The molecule has 1 N–H and O–H groups in total. The van der Waals surface area contributed by atoms with Crippen molar-refractivity contribution in [3.8, 4) is 0 Å². The molecule has 6 heteroatoms. The maximum atomic E-state index is 5.65. The van der Waals surface area contributed by atoms with E-state index in [9.17, 15) is 0 Å². The molecule has 2 aliphatic heterocycles. The maximum Gasteiger partial charge on any atom is 0.194 e. The molecule has 1 aromatic rings. The lowest BCUT2D eigenvalue weighted by molar-refractivity contribution is -0.0667. The number of aliphatic imine (C=N–C) groups is 1. The Morgan fingerprint density at radius 1 is 1.25 bits per heavy atom. The minimum absolute atomic E-state index is 0. The molecule has 1 atom stereocenters. The molecule has 0 saturated carbocycles. The second kappa shape index (κ2) is 9.30. The van der Waals surface area contributed by atoms with Crippen molar-refractivity contribution < 1.29 is 4.74 Å². The number of guanidine groups is 1. The van der Waals surface area contributed by atoms with Gasteiger partial charge in [-0.05, 0) is 31.9 Å². The SMILES string of the molecule is CN=C(NCc1cccc(CN2CCOC(C)C2)c1)N1CC(C)(C)C1(C)C.I. The minimum atomic E-state index is 0. The number of ether oxygens (including phenoxy) is 1. The average Bonchev–Trinajstić information content (AvgIpc) is 2.61. The fraction of sp³-hybridized carbons (Fsp3) is 0.682. The number of rotatable bonds is 4. The van der Waals surface area contributed by atoms with E-state index >= 15 is 0 Å². The lowest BCUT2D eigenvalue weighted by Gasteiger charge is -2.62. The van der Waals surface area contributed by atoms with Crippen molar-refractivity contribution in [2.45, 2.75) is 59.4 Å². The summed E-state index contributed by atoms with van der Waals surface area (Å²) in [5.74, 6) is 0.992. The van der Waals surface area contributed by atoms with Crippen molar-refractivity contribution in [3.63, 3.8) is 0 Å². The van der Waals surface area contributed by atoms with Crippen molar-refractivity contribution in [1.82, 2.24) is 15.1 Å². The molecule has 0 aromatic heterocycles. The van der Waals surface area contributed by atoms with Crippen LogP contribution in [0.2, 0.25) is 0 Å². The van der Waals surface area contributed by atoms with Crippen molar-refractivity contribution in [1.29, 1.82) is 0 Å². The van der Waals surface area contributed by atoms with Gasteiger partial charge in [0.2, 0.25) is 0 Å². The van der Waals surface area contributed by atoms with Crippen molar-refractivity contribution in [3.05, 3.63) is 35.4 Å². The summed E-state index contributed by atoms with van der Waals surface area (Å²) in [6.07, 6.45) is 0.330. The molecular formula is C22H37IN4O. The molecule has 0 aliphatic carbocycles. The molecule has 28 heavy (non-hydrogen) atoms. The zero-order chi connectivity index (χ0) is 19.7. The lowest BCUT2D eigenvalue weighted by Crippen LogP contribution is -2.72. The number of hydrogen-bond acceptors (Lipinski definition) is 3. The number of halogens is 1. The van der Waals surface area contributed by atoms with Crippen LogP contribution < -0.4 is 5.32 Å². The van der Waals surface area contributed by atoms with E-state index in [1.54, 1.807) is 0 Å². The van der Waals surface area contributed by atoms with E-state index in [0.29, 0.717) is 11.5 Å². The van der Waals surface area contributed by atoms with Gasteiger partial charge >= 0.3 is 0 Å². The van der Waals surface area contributed by atoms with Crippen LogP contribution in [0, 0.1) is 5.41 Å². The Hall–Kier alpha value is -0.860. The van der Waals surface area contributed by atoms with Crippen LogP contribution in [0.1, 0.15) is 45.7 Å². The van der Waals surface area contributed by atoms with Gasteiger partial charge in [-0.2, -0.15) is 0 Å². The first-order valence-electron chi connectivity index (χ1n) is 10.1. The fourth-order valence-corrected chi connectivity index (χ4v) is 4.01. The summed E-state index contributed by atoms with van der Waals surface area (Å²) in [6.45, 7) is 17.1. The van der Waals surface area contributed by atoms with Gasteiger partial charge < -0.3 is 15.0 Å². The second-order valence-electron chi connectivity index (χ2n) is 9.17. The van der Waals surface area contributed by atoms with Crippen molar-refractivity contribution in [2.75, 3.05) is 33.3 Å². The molecule has 2 heterocycles. The highest BCUT2D eigenvalue weighted by Crippen LogP contribution is 2.46. The van der Waals surface area contributed by atoms with Crippen LogP contribution >= 0.6 is 24.0 Å². The van der Waals surface area contributed by atoms with Crippen LogP contribution in [0.15, 0.2) is 29.3 Å². The van der Waals surface area contributed by atoms with Crippen LogP contribution in [0.5, 0.6) is 0 Å². The fourth-order valence-electron chi connectivity index (χ4n) is 4.01. The summed E-state index contributed by atoms with van der Waals surface area (Å²) in [5.41, 5.74) is 3.08. The zero-order valence-electron chi connectivity index (χ0n) is 18.3. The summed E-state index contributed by atoms with van der Waals surface area (Å²) < 4.78 is 5.65. The van der Waals surface area contributed by atoms with E-state index in [2.05, 4.69) is 79.0 Å². The van der Waals surface area contributed by atoms with Crippen LogP contribution in [-0.4, -0.2) is 60.7 Å². The van der Waals surface area contributed by atoms with Crippen LogP contribution in [0.4, 0.5) is 0 Å². The first-order valence-corrected chi connectivity index (χ1v) is 10.1. The van der Waals surface area contributed by atoms with E-state index < -0.39 is 0 Å². The summed E-state index contributed by atoms with van der Waals surface area (Å²) in [5, 5.41) is 3.56. The summed E-state index contributed by atoms with van der Waals surface area (Å²) in [6, 6.07) is 8.89. The molecule has 0 radical (unpaired) electrons. The van der Waals surface area contributed by atoms with E-state index in [0.717, 1.165) is 45.3 Å². The maximum absolute atomic E-state index is 5.65. The van der Waals surface area contributed by atoms with Gasteiger partial charge in [0, 0.05) is 50.7 Å². The highest BCUT2D eigenvalue weighted by atomic mass is 127. The highest BCUT2D eigenvalue weighted by molar-refractivity contribution is 14.0. The molecule has 2 saturated heterocycles. The van der Waals surface area contributed by atoms with Gasteiger partial charge in [-0.25, -0.2) is 0 Å². The summed E-state index contributed by atoms with van der Waals surface area (Å²) in [4.78, 5) is 9.38. The number of hydrogen-bond donors (Lipinski definition) is 1. The smallest absolute Gasteiger partial charge is 0.194 e. The third-order valence-corrected chi connectivity index (χ3v) is 6.53. The quantitative estimate of drug-likeness (QED) is 0.389. The predicted octanol–water partition coefficient (Wildman–Crippen LogP) is 3.72. The minimum Gasteiger partial charge on any atom is -0.376 e. The molecule has 0 amide bonds. The molecule has 1 aromatic carbocycles. The Labute approximate surface area is 187 Å². The molecular weight excluding hydrogens is 463 g/mol. The number of benzene rings is 1. The van der Waals surface area contributed by atoms with Crippen LogP contribution in [0.3, 0.4) is 0 Å². The number of morpholine rings is 1. The molecule has 0 bridgehead atoms. The standard InChI is InChI=1S/C22H36N4O.HI/c1-17-14-25(10-11-27-17)15-19-9-7-8-18(12-19)13-24-20(23-6)26-16-21(2,3)22(26,4)5;/h7-9,12,17H,10-11,13-16H2,1-6H3,(H,23,24);1H. The molecule has 3 rings (SSSR count). The highest BCUT2D eigenvalue weighted by Gasteiger charge is 2.53. The van der Waals surface area contributed by atoms with Crippen molar-refractivity contribution >= 4 is 29.9 Å². The van der Waals surface area contributed by atoms with E-state index in [1.807, 2.05) is 7.05 Å². The van der Waals surface area contributed by atoms with Gasteiger partial charge in [0.1, 0.15) is 0 Å². The number of nitrogens with zero attached hydrogens (tertiary/aromatic N) is 3. The third-order valence-electron chi connectivity index (χ3n) is 6.53. The molecule has 158 valence electrons. The Kier molecular flexibility index (Phi) is 7.78. The van der Waals surface area contributed by atoms with Gasteiger partial charge in [0.25, 0.3) is 0 Å². The lowest BCUT2D eigenvalue weighted by atomic mass is 9.65. The van der Waals surface area contributed by atoms with Crippen molar-refractivity contribution in [2.24, 2.45) is 10.4 Å². The average molecular weight is 500 g/mol. The normalized spacial score (nSPS) is 24.3. The van der Waals surface area contributed by atoms with Gasteiger partial charge in [-0.1, -0.05) is 38.1 Å². The Bertz CT molecular complexity index is 689. The summed E-state index contributed by atoms with van der Waals surface area (Å²) in [7, 11) is 1.87. The number of nitrogens with one attached hydrogen (secondary N) is 1. The second-order valence-corrected chi connectivity index (χ2v) is 9.17. The molecule has 0 spiro atoms. The zero-order valence-corrected chi connectivity index (χ0v) is 20.6. The molecule has 1 unspecified atom stereocenters. The molecule has 5 nitrogen and oxygen atoms in total. The van der Waals surface area contributed by atoms with Gasteiger partial charge in [0.05, 0.1) is 12.7 Å². The predicted molar refractivity (Wildman–Crippen MR) is 127 cm³/mol. The van der Waals surface area contributed by atoms with E-state index in [4.69, 9.17) is 4.74 Å². The van der Waals surface area contributed by atoms with Gasteiger partial charge in [0.15, 0.2) is 5.96 Å². The summed E-state index contributed by atoms with van der Waals surface area (Å²) >= 11 is 0. The van der Waals surface area contributed by atoms with Crippen LogP contribution in [-0.2, 0) is 17.8 Å². The van der Waals surface area contributed by atoms with E-state index in [1.165, 1.54) is 11.1 Å². The monoisotopic (exact) mass is 500 g/mol. The topological polar surface area (TPSA) is 40.1 Å². The Morgan fingerprint density at radius 3 is 2.57 bits per heavy atom. The Morgan fingerprint density at radius 2 is 1.96 bits per heavy atom. The first kappa shape index (κ1) is 23.4. The molecule has 2 aliphatic rings. The van der Waals surface area contributed by atoms with E-state index in [-0.39, 0.29) is 29.5 Å². The third kappa shape index (κ3) is 5.00. The largest absolute Gasteiger partial charge is 0.376 e. The first-order chi connectivity index (χ1) is 12.7. The van der Waals surface area contributed by atoms with Gasteiger partial charge in [-0.3, -0.25) is 9.89 Å². The van der Waals surface area contributed by atoms with Gasteiger partial charge in [-0.15, -0.1) is 24.0 Å². The number of likely N-dealkylation sites (tertiary alicyclic amines) is 1. The van der Waals surface area contributed by atoms with Crippen LogP contribution in [0.25, 0.3) is 0 Å². The molecule has 2 fully saturated rings.